The number of furan rings is 1. The first-order valence-corrected chi connectivity index (χ1v) is 9.15. The van der Waals surface area contributed by atoms with Crippen molar-refractivity contribution in [3.8, 4) is 0 Å². The lowest BCUT2D eigenvalue weighted by atomic mass is 10.2. The van der Waals surface area contributed by atoms with Gasteiger partial charge >= 0.3 is 11.9 Å². The number of carbonyl (C=O) groups excluding carboxylic acids is 2. The predicted molar refractivity (Wildman–Crippen MR) is 104 cm³/mol. The topological polar surface area (TPSA) is 86.5 Å². The summed E-state index contributed by atoms with van der Waals surface area (Å²) in [6.07, 6.45) is 0. The van der Waals surface area contributed by atoms with Gasteiger partial charge in [-0.05, 0) is 19.4 Å². The van der Waals surface area contributed by atoms with Crippen LogP contribution in [0.15, 0.2) is 46.9 Å². The maximum absolute atomic E-state index is 12.5. The van der Waals surface area contributed by atoms with Crippen LogP contribution in [0.25, 0.3) is 22.2 Å². The Balaban J connectivity index is 1.88. The maximum Gasteiger partial charge on any atom is 0.355 e. The molecule has 144 valence electrons. The minimum Gasteiger partial charge on any atom is -0.461 e. The van der Waals surface area contributed by atoms with Crippen LogP contribution in [0, 0.1) is 0 Å². The Kier molecular flexibility index (Phi) is 4.65. The van der Waals surface area contributed by atoms with Gasteiger partial charge in [-0.1, -0.05) is 30.3 Å². The van der Waals surface area contributed by atoms with E-state index in [2.05, 4.69) is 4.98 Å². The first-order valence-electron chi connectivity index (χ1n) is 9.15. The van der Waals surface area contributed by atoms with Crippen molar-refractivity contribution in [2.75, 3.05) is 13.2 Å². The van der Waals surface area contributed by atoms with Crippen LogP contribution in [0.4, 0.5) is 0 Å². The SMILES string of the molecule is CCOC(=O)c1cc2oc3cc(C(=O)OCC)n(Cc4ccccc4)c3c2[nH]1. The zero-order valence-corrected chi connectivity index (χ0v) is 15.7. The number of benzene rings is 1. The van der Waals surface area contributed by atoms with E-state index in [1.54, 1.807) is 26.0 Å². The number of carbonyl (C=O) groups is 2. The Hall–Kier alpha value is -3.48. The smallest absolute Gasteiger partial charge is 0.355 e. The third-order valence-corrected chi connectivity index (χ3v) is 4.46. The molecule has 1 N–H and O–H groups in total. The normalized spacial score (nSPS) is 11.2. The number of nitrogens with zero attached hydrogens (tertiary/aromatic N) is 1. The Labute approximate surface area is 160 Å². The Bertz CT molecular complexity index is 1150. The summed E-state index contributed by atoms with van der Waals surface area (Å²) in [6, 6.07) is 13.1. The van der Waals surface area contributed by atoms with Crippen molar-refractivity contribution in [2.45, 2.75) is 20.4 Å². The van der Waals surface area contributed by atoms with E-state index in [1.165, 1.54) is 0 Å². The summed E-state index contributed by atoms with van der Waals surface area (Å²) in [7, 11) is 0. The summed E-state index contributed by atoms with van der Waals surface area (Å²) in [5, 5.41) is 0. The quantitative estimate of drug-likeness (QED) is 0.509. The standard InChI is InChI=1S/C21H20N2O5/c1-3-26-20(24)14-10-16-18(22-14)19-17(28-16)11-15(21(25)27-4-2)23(19)12-13-8-6-5-7-9-13/h5-11,22H,3-4,12H2,1-2H3. The van der Waals surface area contributed by atoms with E-state index in [0.29, 0.717) is 40.1 Å². The van der Waals surface area contributed by atoms with Gasteiger partial charge in [-0.3, -0.25) is 0 Å². The lowest BCUT2D eigenvalue weighted by Gasteiger charge is -2.09. The third-order valence-electron chi connectivity index (χ3n) is 4.46. The fourth-order valence-corrected chi connectivity index (χ4v) is 3.29. The van der Waals surface area contributed by atoms with Crippen LogP contribution in [0.1, 0.15) is 40.4 Å². The van der Waals surface area contributed by atoms with Crippen LogP contribution in [-0.4, -0.2) is 34.7 Å². The van der Waals surface area contributed by atoms with E-state index >= 15 is 0 Å². The zero-order valence-electron chi connectivity index (χ0n) is 15.7. The number of ether oxygens (including phenoxy) is 2. The Morgan fingerprint density at radius 2 is 1.71 bits per heavy atom. The molecule has 7 heteroatoms. The highest BCUT2D eigenvalue weighted by atomic mass is 16.5. The van der Waals surface area contributed by atoms with Crippen molar-refractivity contribution in [3.05, 3.63) is 59.4 Å². The predicted octanol–water partition coefficient (Wildman–Crippen LogP) is 4.12. The molecule has 0 amide bonds. The van der Waals surface area contributed by atoms with Crippen molar-refractivity contribution in [1.82, 2.24) is 9.55 Å². The number of aromatic nitrogens is 2. The first-order chi connectivity index (χ1) is 13.6. The molecular weight excluding hydrogens is 360 g/mol. The molecule has 0 bridgehead atoms. The van der Waals surface area contributed by atoms with Gasteiger partial charge in [0.15, 0.2) is 11.2 Å². The Morgan fingerprint density at radius 1 is 1.00 bits per heavy atom. The average molecular weight is 380 g/mol. The fourth-order valence-electron chi connectivity index (χ4n) is 3.29. The molecule has 4 rings (SSSR count). The molecule has 28 heavy (non-hydrogen) atoms. The van der Waals surface area contributed by atoms with Gasteiger partial charge in [-0.25, -0.2) is 9.59 Å². The maximum atomic E-state index is 12.5. The summed E-state index contributed by atoms with van der Waals surface area (Å²) < 4.78 is 18.0. The van der Waals surface area contributed by atoms with Crippen LogP contribution < -0.4 is 0 Å². The fraction of sp³-hybridized carbons (Fsp3) is 0.238. The van der Waals surface area contributed by atoms with Gasteiger partial charge in [0.2, 0.25) is 0 Å². The summed E-state index contributed by atoms with van der Waals surface area (Å²) in [6.45, 7) is 4.54. The number of rotatable bonds is 6. The molecule has 0 aliphatic heterocycles. The number of aromatic amines is 1. The molecule has 0 aliphatic rings. The number of nitrogens with one attached hydrogen (secondary N) is 1. The second-order valence-electron chi connectivity index (χ2n) is 6.28. The van der Waals surface area contributed by atoms with E-state index in [1.807, 2.05) is 34.9 Å². The van der Waals surface area contributed by atoms with Crippen LogP contribution in [0.2, 0.25) is 0 Å². The summed E-state index contributed by atoms with van der Waals surface area (Å²) in [5.41, 5.74) is 4.16. The van der Waals surface area contributed by atoms with Crippen LogP contribution in [0.3, 0.4) is 0 Å². The molecule has 3 aromatic heterocycles. The second kappa shape index (κ2) is 7.26. The van der Waals surface area contributed by atoms with Gasteiger partial charge in [-0.2, -0.15) is 0 Å². The summed E-state index contributed by atoms with van der Waals surface area (Å²) >= 11 is 0. The molecule has 4 aromatic rings. The molecule has 0 fully saturated rings. The number of hydrogen-bond acceptors (Lipinski definition) is 5. The van der Waals surface area contributed by atoms with E-state index in [9.17, 15) is 9.59 Å². The molecule has 0 saturated carbocycles. The molecule has 0 aliphatic carbocycles. The van der Waals surface area contributed by atoms with Crippen molar-refractivity contribution >= 4 is 34.1 Å². The molecule has 0 radical (unpaired) electrons. The highest BCUT2D eigenvalue weighted by Crippen LogP contribution is 2.33. The van der Waals surface area contributed by atoms with Gasteiger partial charge in [0.1, 0.15) is 22.4 Å². The van der Waals surface area contributed by atoms with Crippen molar-refractivity contribution in [1.29, 1.82) is 0 Å². The van der Waals surface area contributed by atoms with Crippen LogP contribution >= 0.6 is 0 Å². The molecule has 0 atom stereocenters. The molecule has 0 saturated heterocycles. The first kappa shape index (κ1) is 17.9. The van der Waals surface area contributed by atoms with E-state index in [-0.39, 0.29) is 13.2 Å². The molecular formula is C21H20N2O5. The lowest BCUT2D eigenvalue weighted by Crippen LogP contribution is -2.13. The average Bonchev–Trinajstić information content (AvgIpc) is 3.33. The minimum atomic E-state index is -0.450. The number of hydrogen-bond donors (Lipinski definition) is 1. The molecule has 0 spiro atoms. The second-order valence-corrected chi connectivity index (χ2v) is 6.28. The van der Waals surface area contributed by atoms with Gasteiger partial charge in [0.25, 0.3) is 0 Å². The van der Waals surface area contributed by atoms with Crippen molar-refractivity contribution in [2.24, 2.45) is 0 Å². The molecule has 3 heterocycles. The molecule has 1 aromatic carbocycles. The van der Waals surface area contributed by atoms with Crippen LogP contribution in [-0.2, 0) is 16.0 Å². The molecule has 0 unspecified atom stereocenters. The highest BCUT2D eigenvalue weighted by Gasteiger charge is 2.24. The largest absolute Gasteiger partial charge is 0.461 e. The van der Waals surface area contributed by atoms with Crippen molar-refractivity contribution in [3.63, 3.8) is 0 Å². The van der Waals surface area contributed by atoms with Crippen molar-refractivity contribution < 1.29 is 23.5 Å². The van der Waals surface area contributed by atoms with Gasteiger partial charge in [0.05, 0.1) is 13.2 Å². The molecule has 7 nitrogen and oxygen atoms in total. The summed E-state index contributed by atoms with van der Waals surface area (Å²) in [4.78, 5) is 27.6. The summed E-state index contributed by atoms with van der Waals surface area (Å²) in [5.74, 6) is -0.871. The minimum absolute atomic E-state index is 0.279. The number of esters is 2. The van der Waals surface area contributed by atoms with Crippen LogP contribution in [0.5, 0.6) is 0 Å². The number of H-pyrrole nitrogens is 1. The van der Waals surface area contributed by atoms with Gasteiger partial charge < -0.3 is 23.4 Å². The van der Waals surface area contributed by atoms with E-state index in [0.717, 1.165) is 5.56 Å². The highest BCUT2D eigenvalue weighted by molar-refractivity contribution is 6.07. The third kappa shape index (κ3) is 3.05. The van der Waals surface area contributed by atoms with E-state index in [4.69, 9.17) is 13.9 Å². The van der Waals surface area contributed by atoms with Gasteiger partial charge in [-0.15, -0.1) is 0 Å². The zero-order chi connectivity index (χ0) is 19.7. The lowest BCUT2D eigenvalue weighted by molar-refractivity contribution is 0.0507. The van der Waals surface area contributed by atoms with E-state index < -0.39 is 11.9 Å². The number of fused-ring (bicyclic) bond motifs is 3. The van der Waals surface area contributed by atoms with Gasteiger partial charge in [0, 0.05) is 18.7 Å². The Morgan fingerprint density at radius 3 is 2.43 bits per heavy atom. The monoisotopic (exact) mass is 380 g/mol.